The third-order valence-corrected chi connectivity index (χ3v) is 4.78. The van der Waals surface area contributed by atoms with Crippen LogP contribution in [0.3, 0.4) is 0 Å². The highest BCUT2D eigenvalue weighted by molar-refractivity contribution is 5.90. The predicted octanol–water partition coefficient (Wildman–Crippen LogP) is 1.99. The van der Waals surface area contributed by atoms with Crippen molar-refractivity contribution < 1.29 is 9.53 Å². The van der Waals surface area contributed by atoms with E-state index < -0.39 is 11.2 Å². The maximum absolute atomic E-state index is 12.9. The van der Waals surface area contributed by atoms with Crippen molar-refractivity contribution in [3.8, 4) is 17.1 Å². The monoisotopic (exact) mass is 431 g/mol. The van der Waals surface area contributed by atoms with E-state index in [2.05, 4.69) is 15.3 Å². The fraction of sp³-hybridized carbons (Fsp3) is 0.174. The fourth-order valence-corrected chi connectivity index (χ4v) is 3.32. The highest BCUT2D eigenvalue weighted by Gasteiger charge is 2.18. The zero-order chi connectivity index (χ0) is 22.5. The van der Waals surface area contributed by atoms with Crippen LogP contribution < -0.4 is 21.3 Å². The van der Waals surface area contributed by atoms with Crippen LogP contribution in [-0.2, 0) is 17.9 Å². The minimum absolute atomic E-state index is 0.0710. The van der Waals surface area contributed by atoms with Gasteiger partial charge in [-0.3, -0.25) is 19.1 Å². The van der Waals surface area contributed by atoms with Crippen molar-refractivity contribution in [2.75, 3.05) is 11.9 Å². The van der Waals surface area contributed by atoms with E-state index in [1.807, 2.05) is 6.92 Å². The molecule has 2 aromatic rings. The average Bonchev–Trinajstić information content (AvgIpc) is 2.79. The molecule has 1 amide bonds. The standard InChI is InChI=1S/C23H21N5O4/c1-2-32-18-9-7-17(8-10-18)25-20(29)15-27-12-4-6-19-21(27)26-23(31)28(22(19)30)14-16-5-3-11-24-13-16/h3-13H,2,14-15H2,1H3,(H,25,29). The first-order valence-corrected chi connectivity index (χ1v) is 10.1. The number of rotatable bonds is 7. The topological polar surface area (TPSA) is 108 Å². The highest BCUT2D eigenvalue weighted by atomic mass is 16.5. The summed E-state index contributed by atoms with van der Waals surface area (Å²) in [6.07, 6.45) is 4.81. The zero-order valence-corrected chi connectivity index (χ0v) is 17.4. The first-order chi connectivity index (χ1) is 15.5. The van der Waals surface area contributed by atoms with E-state index in [-0.39, 0.29) is 30.4 Å². The van der Waals surface area contributed by atoms with E-state index >= 15 is 0 Å². The molecule has 9 nitrogen and oxygen atoms in total. The molecule has 2 aliphatic rings. The molecular weight excluding hydrogens is 410 g/mol. The minimum atomic E-state index is -0.682. The van der Waals surface area contributed by atoms with Gasteiger partial charge in [0.1, 0.15) is 12.3 Å². The third-order valence-electron chi connectivity index (χ3n) is 4.78. The smallest absolute Gasteiger partial charge is 0.352 e. The molecule has 2 aliphatic heterocycles. The number of aromatic nitrogens is 4. The van der Waals surface area contributed by atoms with Gasteiger partial charge in [0.15, 0.2) is 5.82 Å². The third kappa shape index (κ3) is 4.56. The van der Waals surface area contributed by atoms with Gasteiger partial charge in [-0.25, -0.2) is 4.79 Å². The Bertz CT molecular complexity index is 1310. The summed E-state index contributed by atoms with van der Waals surface area (Å²) in [5, 5.41) is 2.79. The van der Waals surface area contributed by atoms with Crippen molar-refractivity contribution in [2.45, 2.75) is 20.0 Å². The number of ether oxygens (including phenoxy) is 1. The quantitative estimate of drug-likeness (QED) is 0.479. The number of amides is 1. The van der Waals surface area contributed by atoms with Gasteiger partial charge in [0.05, 0.1) is 18.7 Å². The Morgan fingerprint density at radius 3 is 2.62 bits per heavy atom. The first-order valence-electron chi connectivity index (χ1n) is 10.1. The van der Waals surface area contributed by atoms with Gasteiger partial charge in [-0.05, 0) is 55.0 Å². The Balaban J connectivity index is 1.57. The molecule has 0 unspecified atom stereocenters. The number of hydrogen-bond donors (Lipinski definition) is 1. The van der Waals surface area contributed by atoms with E-state index in [9.17, 15) is 14.4 Å². The summed E-state index contributed by atoms with van der Waals surface area (Å²) in [4.78, 5) is 46.2. The van der Waals surface area contributed by atoms with Gasteiger partial charge in [0, 0.05) is 24.3 Å². The number of hydrogen-bond acceptors (Lipinski definition) is 6. The molecule has 1 N–H and O–H groups in total. The van der Waals surface area contributed by atoms with Crippen LogP contribution in [-0.4, -0.2) is 31.6 Å². The van der Waals surface area contributed by atoms with Crippen LogP contribution in [0.15, 0.2) is 76.7 Å². The van der Waals surface area contributed by atoms with Crippen LogP contribution in [0.5, 0.6) is 5.75 Å². The second-order valence-corrected chi connectivity index (χ2v) is 7.03. The zero-order valence-electron chi connectivity index (χ0n) is 17.4. The van der Waals surface area contributed by atoms with Crippen LogP contribution in [0.25, 0.3) is 11.4 Å². The van der Waals surface area contributed by atoms with Crippen LogP contribution in [0.1, 0.15) is 12.5 Å². The number of nitrogens with one attached hydrogen (secondary N) is 1. The summed E-state index contributed by atoms with van der Waals surface area (Å²) >= 11 is 0. The normalized spacial score (nSPS) is 10.8. The summed E-state index contributed by atoms with van der Waals surface area (Å²) in [6.45, 7) is 2.42. The van der Waals surface area contributed by atoms with Gasteiger partial charge in [-0.15, -0.1) is 0 Å². The van der Waals surface area contributed by atoms with Crippen molar-refractivity contribution in [3.05, 3.63) is 93.5 Å². The number of carbonyl (C=O) groups excluding carboxylic acids is 1. The largest absolute Gasteiger partial charge is 0.494 e. The van der Waals surface area contributed by atoms with Gasteiger partial charge in [0.25, 0.3) is 5.56 Å². The molecule has 0 bridgehead atoms. The Morgan fingerprint density at radius 2 is 1.91 bits per heavy atom. The maximum Gasteiger partial charge on any atom is 0.352 e. The van der Waals surface area contributed by atoms with E-state index in [1.54, 1.807) is 67.1 Å². The molecular formula is C23H21N5O4. The second-order valence-electron chi connectivity index (χ2n) is 7.03. The summed E-state index contributed by atoms with van der Waals surface area (Å²) < 4.78 is 7.93. The van der Waals surface area contributed by atoms with E-state index in [0.29, 0.717) is 23.6 Å². The van der Waals surface area contributed by atoms with Crippen LogP contribution in [0.2, 0.25) is 0 Å². The molecule has 0 saturated carbocycles. The maximum atomic E-state index is 12.9. The summed E-state index contributed by atoms with van der Waals surface area (Å²) in [7, 11) is 0. The van der Waals surface area contributed by atoms with E-state index in [1.165, 1.54) is 4.57 Å². The molecule has 1 aromatic heterocycles. The van der Waals surface area contributed by atoms with Gasteiger partial charge >= 0.3 is 5.69 Å². The molecule has 0 aliphatic carbocycles. The Labute approximate surface area is 183 Å². The Hall–Kier alpha value is -4.27. The predicted molar refractivity (Wildman–Crippen MR) is 119 cm³/mol. The summed E-state index contributed by atoms with van der Waals surface area (Å²) in [5.41, 5.74) is 0.426. The fourth-order valence-electron chi connectivity index (χ4n) is 3.32. The number of carbonyl (C=O) groups is 1. The number of pyridine rings is 2. The van der Waals surface area contributed by atoms with Gasteiger partial charge in [-0.2, -0.15) is 4.98 Å². The lowest BCUT2D eigenvalue weighted by molar-refractivity contribution is -0.116. The number of benzene rings is 1. The number of anilines is 1. The van der Waals surface area contributed by atoms with Crippen molar-refractivity contribution in [1.29, 1.82) is 0 Å². The van der Waals surface area contributed by atoms with Crippen molar-refractivity contribution in [1.82, 2.24) is 19.1 Å². The molecule has 0 atom stereocenters. The molecule has 4 rings (SSSR count). The highest BCUT2D eigenvalue weighted by Crippen LogP contribution is 2.17. The molecule has 0 fully saturated rings. The molecule has 0 saturated heterocycles. The molecule has 32 heavy (non-hydrogen) atoms. The minimum Gasteiger partial charge on any atom is -0.494 e. The second kappa shape index (κ2) is 9.25. The van der Waals surface area contributed by atoms with E-state index in [4.69, 9.17) is 4.74 Å². The first kappa shape index (κ1) is 21.0. The molecule has 162 valence electrons. The number of fused-ring (bicyclic) bond motifs is 1. The molecule has 0 spiro atoms. The SMILES string of the molecule is CCOc1ccc(NC(=O)Cn2cccc3c(=O)n(Cc4cccnc4)c(=O)nc2-3)cc1. The summed E-state index contributed by atoms with van der Waals surface area (Å²) in [5.74, 6) is 0.552. The average molecular weight is 431 g/mol. The lowest BCUT2D eigenvalue weighted by atomic mass is 10.2. The van der Waals surface area contributed by atoms with Crippen LogP contribution in [0, 0.1) is 0 Å². The summed E-state index contributed by atoms with van der Waals surface area (Å²) in [6, 6.07) is 13.7. The molecule has 3 heterocycles. The van der Waals surface area contributed by atoms with Crippen LogP contribution >= 0.6 is 0 Å². The van der Waals surface area contributed by atoms with Gasteiger partial charge in [-0.1, -0.05) is 6.07 Å². The lowest BCUT2D eigenvalue weighted by Crippen LogP contribution is -2.38. The molecule has 1 aromatic carbocycles. The molecule has 0 radical (unpaired) electrons. The Kier molecular flexibility index (Phi) is 6.07. The van der Waals surface area contributed by atoms with Crippen molar-refractivity contribution in [3.63, 3.8) is 0 Å². The van der Waals surface area contributed by atoms with E-state index in [0.717, 1.165) is 4.57 Å². The van der Waals surface area contributed by atoms with Gasteiger partial charge < -0.3 is 14.6 Å². The van der Waals surface area contributed by atoms with Crippen LogP contribution in [0.4, 0.5) is 5.69 Å². The Morgan fingerprint density at radius 1 is 1.09 bits per heavy atom. The van der Waals surface area contributed by atoms with Crippen molar-refractivity contribution in [2.24, 2.45) is 0 Å². The number of nitrogens with zero attached hydrogens (tertiary/aromatic N) is 4. The molecule has 9 heteroatoms. The van der Waals surface area contributed by atoms with Crippen molar-refractivity contribution >= 4 is 11.6 Å². The lowest BCUT2D eigenvalue weighted by Gasteiger charge is -2.15. The van der Waals surface area contributed by atoms with Gasteiger partial charge in [0.2, 0.25) is 5.91 Å².